The molecule has 1 amide bonds. The van der Waals surface area contributed by atoms with Gasteiger partial charge in [-0.05, 0) is 30.5 Å². The minimum absolute atomic E-state index is 0.113. The van der Waals surface area contributed by atoms with E-state index in [4.69, 9.17) is 14.0 Å². The summed E-state index contributed by atoms with van der Waals surface area (Å²) in [5, 5.41) is 4.01. The zero-order chi connectivity index (χ0) is 17.2. The second kappa shape index (κ2) is 6.74. The van der Waals surface area contributed by atoms with Gasteiger partial charge in [0.15, 0.2) is 17.3 Å². The Bertz CT molecular complexity index is 773. The maximum atomic E-state index is 12.7. The van der Waals surface area contributed by atoms with Crippen LogP contribution in [-0.2, 0) is 11.2 Å². The van der Waals surface area contributed by atoms with E-state index in [1.54, 1.807) is 6.92 Å². The molecule has 1 atom stereocenters. The Balaban J connectivity index is 1.42. The molecule has 25 heavy (non-hydrogen) atoms. The molecule has 7 heteroatoms. The van der Waals surface area contributed by atoms with Crippen molar-refractivity contribution in [3.63, 3.8) is 0 Å². The first-order valence-electron chi connectivity index (χ1n) is 8.65. The molecule has 0 bridgehead atoms. The first-order chi connectivity index (χ1) is 12.2. The van der Waals surface area contributed by atoms with Gasteiger partial charge in [-0.1, -0.05) is 11.2 Å². The first-order valence-corrected chi connectivity index (χ1v) is 8.65. The molecule has 2 aliphatic heterocycles. The minimum Gasteiger partial charge on any atom is -0.486 e. The summed E-state index contributed by atoms with van der Waals surface area (Å²) in [4.78, 5) is 18.9. The van der Waals surface area contributed by atoms with Crippen molar-refractivity contribution < 1.29 is 18.8 Å². The number of nitrogens with zero attached hydrogens (tertiary/aromatic N) is 3. The molecular formula is C18H21N3O4. The van der Waals surface area contributed by atoms with Gasteiger partial charge in [-0.15, -0.1) is 0 Å². The third-order valence-electron chi connectivity index (χ3n) is 4.64. The average molecular weight is 343 g/mol. The van der Waals surface area contributed by atoms with Gasteiger partial charge in [-0.25, -0.2) is 0 Å². The molecule has 0 aliphatic carbocycles. The molecule has 0 radical (unpaired) electrons. The number of carbonyl (C=O) groups excluding carboxylic acids is 1. The van der Waals surface area contributed by atoms with Crippen molar-refractivity contribution in [3.05, 3.63) is 35.5 Å². The fourth-order valence-corrected chi connectivity index (χ4v) is 3.38. The molecule has 7 nitrogen and oxygen atoms in total. The number of ether oxygens (including phenoxy) is 2. The number of aromatic nitrogens is 2. The molecule has 1 aromatic heterocycles. The fourth-order valence-electron chi connectivity index (χ4n) is 3.38. The number of carbonyl (C=O) groups is 1. The van der Waals surface area contributed by atoms with E-state index in [-0.39, 0.29) is 11.8 Å². The Kier molecular flexibility index (Phi) is 4.29. The van der Waals surface area contributed by atoms with E-state index in [2.05, 4.69) is 10.1 Å². The molecule has 0 unspecified atom stereocenters. The number of piperidine rings is 1. The molecule has 1 saturated heterocycles. The molecule has 1 fully saturated rings. The van der Waals surface area contributed by atoms with Crippen molar-refractivity contribution in [1.29, 1.82) is 0 Å². The molecule has 0 N–H and O–H groups in total. The minimum atomic E-state index is 0.113. The molecule has 0 spiro atoms. The van der Waals surface area contributed by atoms with E-state index < -0.39 is 0 Å². The summed E-state index contributed by atoms with van der Waals surface area (Å²) in [5.74, 6) is 2.99. The van der Waals surface area contributed by atoms with Crippen LogP contribution in [0.1, 0.15) is 36.0 Å². The second-order valence-corrected chi connectivity index (χ2v) is 6.51. The summed E-state index contributed by atoms with van der Waals surface area (Å²) in [6.45, 7) is 4.31. The Labute approximate surface area is 145 Å². The van der Waals surface area contributed by atoms with Crippen LogP contribution in [0.5, 0.6) is 11.5 Å². The highest BCUT2D eigenvalue weighted by Crippen LogP contribution is 2.31. The van der Waals surface area contributed by atoms with E-state index in [0.29, 0.717) is 37.9 Å². The lowest BCUT2D eigenvalue weighted by Crippen LogP contribution is -2.40. The molecule has 1 aromatic carbocycles. The van der Waals surface area contributed by atoms with Crippen LogP contribution in [0.2, 0.25) is 0 Å². The predicted molar refractivity (Wildman–Crippen MR) is 88.7 cm³/mol. The topological polar surface area (TPSA) is 77.7 Å². The first kappa shape index (κ1) is 15.9. The van der Waals surface area contributed by atoms with Crippen LogP contribution >= 0.6 is 0 Å². The largest absolute Gasteiger partial charge is 0.486 e. The molecule has 2 aromatic rings. The van der Waals surface area contributed by atoms with Crippen molar-refractivity contribution in [1.82, 2.24) is 15.0 Å². The smallest absolute Gasteiger partial charge is 0.227 e. The quantitative estimate of drug-likeness (QED) is 0.849. The Hall–Kier alpha value is -2.57. The van der Waals surface area contributed by atoms with Gasteiger partial charge in [0, 0.05) is 25.9 Å². The number of hydrogen-bond acceptors (Lipinski definition) is 6. The average Bonchev–Trinajstić information content (AvgIpc) is 3.08. The van der Waals surface area contributed by atoms with Gasteiger partial charge in [0.2, 0.25) is 11.8 Å². The van der Waals surface area contributed by atoms with Gasteiger partial charge in [0.25, 0.3) is 0 Å². The maximum absolute atomic E-state index is 12.7. The van der Waals surface area contributed by atoms with Crippen LogP contribution in [0.4, 0.5) is 0 Å². The number of aryl methyl sites for hydroxylation is 1. The van der Waals surface area contributed by atoms with Crippen molar-refractivity contribution in [2.24, 2.45) is 0 Å². The van der Waals surface area contributed by atoms with Crippen LogP contribution in [0, 0.1) is 6.92 Å². The SMILES string of the molecule is Cc1nc([C@@H]2CCCN(C(=O)Cc3ccc4c(c3)OCCO4)C2)no1. The standard InChI is InChI=1S/C18H21N3O4/c1-12-19-18(20-25-12)14-3-2-6-21(11-14)17(22)10-13-4-5-15-16(9-13)24-8-7-23-15/h4-5,9,14H,2-3,6-8,10-11H2,1H3/t14-/m1/s1. The van der Waals surface area contributed by atoms with Crippen molar-refractivity contribution in [3.8, 4) is 11.5 Å². The lowest BCUT2D eigenvalue weighted by atomic mass is 9.96. The van der Waals surface area contributed by atoms with E-state index in [9.17, 15) is 4.79 Å². The van der Waals surface area contributed by atoms with Gasteiger partial charge in [-0.2, -0.15) is 4.98 Å². The van der Waals surface area contributed by atoms with Crippen LogP contribution in [-0.4, -0.2) is 47.3 Å². The molecule has 132 valence electrons. The highest BCUT2D eigenvalue weighted by atomic mass is 16.6. The summed E-state index contributed by atoms with van der Waals surface area (Å²) in [7, 11) is 0. The second-order valence-electron chi connectivity index (χ2n) is 6.51. The highest BCUT2D eigenvalue weighted by Gasteiger charge is 2.28. The van der Waals surface area contributed by atoms with Crippen LogP contribution in [0.25, 0.3) is 0 Å². The summed E-state index contributed by atoms with van der Waals surface area (Å²) in [6.07, 6.45) is 2.28. The maximum Gasteiger partial charge on any atom is 0.227 e. The van der Waals surface area contributed by atoms with Crippen molar-refractivity contribution in [2.45, 2.75) is 32.1 Å². The molecule has 2 aliphatic rings. The van der Waals surface area contributed by atoms with Crippen molar-refractivity contribution in [2.75, 3.05) is 26.3 Å². The van der Waals surface area contributed by atoms with E-state index in [1.165, 1.54) is 0 Å². The summed E-state index contributed by atoms with van der Waals surface area (Å²) in [5.41, 5.74) is 0.937. The number of hydrogen-bond donors (Lipinski definition) is 0. The summed E-state index contributed by atoms with van der Waals surface area (Å²) >= 11 is 0. The Morgan fingerprint density at radius 3 is 2.92 bits per heavy atom. The van der Waals surface area contributed by atoms with Crippen molar-refractivity contribution >= 4 is 5.91 Å². The van der Waals surface area contributed by atoms with Crippen LogP contribution in [0.3, 0.4) is 0 Å². The normalized spacial score (nSPS) is 19.7. The van der Waals surface area contributed by atoms with Gasteiger partial charge >= 0.3 is 0 Å². The zero-order valence-corrected chi connectivity index (χ0v) is 14.2. The van der Waals surface area contributed by atoms with Crippen LogP contribution < -0.4 is 9.47 Å². The fraction of sp³-hybridized carbons (Fsp3) is 0.500. The molecule has 0 saturated carbocycles. The summed E-state index contributed by atoms with van der Waals surface area (Å²) < 4.78 is 16.2. The van der Waals surface area contributed by atoms with Gasteiger partial charge in [0.1, 0.15) is 13.2 Å². The molecular weight excluding hydrogens is 322 g/mol. The highest BCUT2D eigenvalue weighted by molar-refractivity contribution is 5.79. The van der Waals surface area contributed by atoms with E-state index >= 15 is 0 Å². The number of rotatable bonds is 3. The number of fused-ring (bicyclic) bond motifs is 1. The van der Waals surface area contributed by atoms with Gasteiger partial charge in [-0.3, -0.25) is 4.79 Å². The van der Waals surface area contributed by atoms with Crippen LogP contribution in [0.15, 0.2) is 22.7 Å². The monoisotopic (exact) mass is 343 g/mol. The predicted octanol–water partition coefficient (Wildman–Crippen LogP) is 2.10. The zero-order valence-electron chi connectivity index (χ0n) is 14.2. The Morgan fingerprint density at radius 1 is 1.28 bits per heavy atom. The lowest BCUT2D eigenvalue weighted by Gasteiger charge is -2.31. The third-order valence-corrected chi connectivity index (χ3v) is 4.64. The number of amides is 1. The van der Waals surface area contributed by atoms with Gasteiger partial charge in [0.05, 0.1) is 6.42 Å². The van der Waals surface area contributed by atoms with E-state index in [0.717, 1.165) is 36.4 Å². The van der Waals surface area contributed by atoms with E-state index in [1.807, 2.05) is 23.1 Å². The van der Waals surface area contributed by atoms with Gasteiger partial charge < -0.3 is 18.9 Å². The number of likely N-dealkylation sites (tertiary alicyclic amines) is 1. The summed E-state index contributed by atoms with van der Waals surface area (Å²) in [6, 6.07) is 5.70. The lowest BCUT2D eigenvalue weighted by molar-refractivity contribution is -0.131. The molecule has 4 rings (SSSR count). The number of benzene rings is 1. The molecule has 3 heterocycles. The Morgan fingerprint density at radius 2 is 2.12 bits per heavy atom. The third kappa shape index (κ3) is 3.45.